The molecule has 0 saturated carbocycles. The molecule has 0 spiro atoms. The lowest BCUT2D eigenvalue weighted by Crippen LogP contribution is -2.25. The van der Waals surface area contributed by atoms with Crippen LogP contribution in [0.25, 0.3) is 0 Å². The number of hydrogen-bond donors (Lipinski definition) is 0. The van der Waals surface area contributed by atoms with E-state index in [-0.39, 0.29) is 10.8 Å². The van der Waals surface area contributed by atoms with Crippen LogP contribution in [0.2, 0.25) is 0 Å². The fraction of sp³-hybridized carbons (Fsp3) is 0.462. The molecule has 35 heavy (non-hydrogen) atoms. The first kappa shape index (κ1) is 28.5. The van der Waals surface area contributed by atoms with E-state index in [2.05, 4.69) is 89.1 Å². The van der Waals surface area contributed by atoms with Gasteiger partial charge in [-0.05, 0) is 52.0 Å². The van der Waals surface area contributed by atoms with Crippen LogP contribution in [0, 0.1) is 0 Å². The van der Waals surface area contributed by atoms with Gasteiger partial charge in [-0.2, -0.15) is 0 Å². The van der Waals surface area contributed by atoms with Crippen LogP contribution in [0.4, 0.5) is 11.4 Å². The van der Waals surface area contributed by atoms with Gasteiger partial charge in [0.1, 0.15) is 25.6 Å². The molecule has 192 valence electrons. The zero-order chi connectivity index (χ0) is 26.9. The molecule has 0 fully saturated rings. The Morgan fingerprint density at radius 1 is 0.714 bits per heavy atom. The summed E-state index contributed by atoms with van der Waals surface area (Å²) in [6, 6.07) is 12.6. The number of fused-ring (bicyclic) bond motifs is 2. The van der Waals surface area contributed by atoms with Crippen LogP contribution in [0.1, 0.15) is 52.7 Å². The van der Waals surface area contributed by atoms with Gasteiger partial charge in [0.25, 0.3) is 0 Å². The Balaban J connectivity index is 0.000000208. The van der Waals surface area contributed by atoms with E-state index in [0.29, 0.717) is 0 Å². The molecule has 2 heterocycles. The fourth-order valence-corrected chi connectivity index (χ4v) is 4.46. The highest BCUT2D eigenvalue weighted by Crippen LogP contribution is 2.41. The van der Waals surface area contributed by atoms with Crippen LogP contribution in [0.15, 0.2) is 36.4 Å². The van der Waals surface area contributed by atoms with Crippen LogP contribution in [0.5, 0.6) is 11.5 Å². The zero-order valence-electron chi connectivity index (χ0n) is 22.2. The highest BCUT2D eigenvalue weighted by atomic mass is 32.3. The van der Waals surface area contributed by atoms with Gasteiger partial charge in [-0.1, -0.05) is 0 Å². The molecule has 2 aliphatic heterocycles. The third-order valence-corrected chi connectivity index (χ3v) is 7.29. The van der Waals surface area contributed by atoms with Gasteiger partial charge in [0.05, 0.1) is 25.0 Å². The molecule has 2 aromatic carbocycles. The second kappa shape index (κ2) is 10.1. The lowest BCUT2D eigenvalue weighted by atomic mass is 9.82. The van der Waals surface area contributed by atoms with Crippen molar-refractivity contribution in [2.75, 3.05) is 28.3 Å². The first-order valence-electron chi connectivity index (χ1n) is 11.2. The van der Waals surface area contributed by atoms with Crippen LogP contribution in [-0.2, 0) is 21.2 Å². The Morgan fingerprint density at radius 3 is 1.26 bits per heavy atom. The summed E-state index contributed by atoms with van der Waals surface area (Å²) in [4.78, 5) is 0. The first-order chi connectivity index (χ1) is 16.0. The van der Waals surface area contributed by atoms with Crippen LogP contribution < -0.4 is 9.47 Å². The maximum Gasteiger partial charge on any atom is 0.209 e. The summed E-state index contributed by atoms with van der Waals surface area (Å²) in [6.07, 6.45) is 0. The standard InChI is InChI=1S/2C13H18NO.H2O4S/c2*1-9-13(2,3)11-8-10(15-5)6-7-12(11)14(9)4;1-5(2,3)4/h2*6-8H,1-5H3;(H2,1,2,3,4)/q2*+1;/p-2. The Bertz CT molecular complexity index is 1200. The summed E-state index contributed by atoms with van der Waals surface area (Å²) >= 11 is 0. The monoisotopic (exact) mass is 504 g/mol. The van der Waals surface area contributed by atoms with Crippen molar-refractivity contribution in [2.24, 2.45) is 0 Å². The number of nitrogens with zero attached hydrogens (tertiary/aromatic N) is 2. The summed E-state index contributed by atoms with van der Waals surface area (Å²) in [5.74, 6) is 1.87. The predicted octanol–water partition coefficient (Wildman–Crippen LogP) is 4.10. The SMILES string of the molecule is COc1ccc2c(c1)C(C)(C)C(C)=[N+]2C.COc1ccc2c(c1)C(C)(C)C(C)=[N+]2C.O=S(=O)([O-])[O-]. The van der Waals surface area contributed by atoms with Gasteiger partial charge in [0.15, 0.2) is 11.4 Å². The van der Waals surface area contributed by atoms with Crippen molar-refractivity contribution in [3.05, 3.63) is 47.5 Å². The van der Waals surface area contributed by atoms with Gasteiger partial charge in [-0.15, -0.1) is 0 Å². The third-order valence-electron chi connectivity index (χ3n) is 7.29. The van der Waals surface area contributed by atoms with Crippen molar-refractivity contribution in [1.82, 2.24) is 0 Å². The van der Waals surface area contributed by atoms with Gasteiger partial charge < -0.3 is 18.6 Å². The van der Waals surface area contributed by atoms with Crippen molar-refractivity contribution in [3.63, 3.8) is 0 Å². The maximum absolute atomic E-state index is 8.52. The molecule has 0 aliphatic carbocycles. The van der Waals surface area contributed by atoms with Crippen molar-refractivity contribution in [3.8, 4) is 11.5 Å². The minimum atomic E-state index is -5.17. The number of methoxy groups -OCH3 is 2. The summed E-state index contributed by atoms with van der Waals surface area (Å²) in [6.45, 7) is 13.4. The van der Waals surface area contributed by atoms with Crippen molar-refractivity contribution in [1.29, 1.82) is 0 Å². The molecule has 0 radical (unpaired) electrons. The van der Waals surface area contributed by atoms with E-state index in [1.54, 1.807) is 14.2 Å². The van der Waals surface area contributed by atoms with Crippen molar-refractivity contribution < 1.29 is 36.1 Å². The number of ether oxygens (including phenoxy) is 2. The Kier molecular flexibility index (Phi) is 8.21. The number of benzene rings is 2. The van der Waals surface area contributed by atoms with E-state index in [1.165, 1.54) is 33.9 Å². The molecule has 0 atom stereocenters. The normalized spacial score (nSPS) is 17.0. The van der Waals surface area contributed by atoms with Crippen molar-refractivity contribution >= 4 is 33.2 Å². The lowest BCUT2D eigenvalue weighted by Gasteiger charge is -2.15. The largest absolute Gasteiger partial charge is 0.759 e. The zero-order valence-corrected chi connectivity index (χ0v) is 23.0. The molecule has 9 heteroatoms. The van der Waals surface area contributed by atoms with E-state index in [4.69, 9.17) is 27.0 Å². The average molecular weight is 505 g/mol. The molecule has 8 nitrogen and oxygen atoms in total. The van der Waals surface area contributed by atoms with Gasteiger partial charge >= 0.3 is 0 Å². The second-order valence-corrected chi connectivity index (χ2v) is 10.5. The van der Waals surface area contributed by atoms with Crippen LogP contribution >= 0.6 is 0 Å². The van der Waals surface area contributed by atoms with Crippen molar-refractivity contribution in [2.45, 2.75) is 52.4 Å². The molecule has 0 saturated heterocycles. The summed E-state index contributed by atoms with van der Waals surface area (Å²) < 4.78 is 49.2. The topological polar surface area (TPSA) is 105 Å². The molecule has 0 N–H and O–H groups in total. The average Bonchev–Trinajstić information content (AvgIpc) is 3.07. The summed E-state index contributed by atoms with van der Waals surface area (Å²) in [5, 5.41) is 0. The molecular formula is C26H36N2O6S. The molecular weight excluding hydrogens is 468 g/mol. The molecule has 2 aromatic rings. The highest BCUT2D eigenvalue weighted by Gasteiger charge is 2.42. The van der Waals surface area contributed by atoms with Gasteiger partial charge in [0, 0.05) is 47.5 Å². The maximum atomic E-state index is 8.52. The molecule has 0 unspecified atom stereocenters. The minimum absolute atomic E-state index is 0.110. The molecule has 0 amide bonds. The third kappa shape index (κ3) is 5.91. The van der Waals surface area contributed by atoms with Crippen LogP contribution in [-0.4, -0.2) is 66.4 Å². The fourth-order valence-electron chi connectivity index (χ4n) is 4.46. The number of hydrogen-bond acceptors (Lipinski definition) is 6. The van der Waals surface area contributed by atoms with Crippen LogP contribution in [0.3, 0.4) is 0 Å². The Hall–Kier alpha value is -2.75. The lowest BCUT2D eigenvalue weighted by molar-refractivity contribution is -0.403. The number of rotatable bonds is 2. The smallest absolute Gasteiger partial charge is 0.209 e. The predicted molar refractivity (Wildman–Crippen MR) is 136 cm³/mol. The summed E-state index contributed by atoms with van der Waals surface area (Å²) in [7, 11) is 2.50. The summed E-state index contributed by atoms with van der Waals surface area (Å²) in [5.41, 5.74) is 8.26. The minimum Gasteiger partial charge on any atom is -0.759 e. The molecule has 4 rings (SSSR count). The van der Waals surface area contributed by atoms with Gasteiger partial charge in [-0.25, -0.2) is 9.15 Å². The first-order valence-corrected chi connectivity index (χ1v) is 12.5. The highest BCUT2D eigenvalue weighted by molar-refractivity contribution is 7.79. The van der Waals surface area contributed by atoms with Gasteiger partial charge in [-0.3, -0.25) is 8.42 Å². The second-order valence-electron chi connectivity index (χ2n) is 9.71. The molecule has 0 aromatic heterocycles. The molecule has 0 bridgehead atoms. The van der Waals surface area contributed by atoms with E-state index in [1.807, 2.05) is 12.1 Å². The van der Waals surface area contributed by atoms with E-state index in [9.17, 15) is 0 Å². The molecule has 2 aliphatic rings. The van der Waals surface area contributed by atoms with E-state index < -0.39 is 10.4 Å². The van der Waals surface area contributed by atoms with E-state index in [0.717, 1.165) is 11.5 Å². The Morgan fingerprint density at radius 2 is 1.00 bits per heavy atom. The Labute approximate surface area is 209 Å². The van der Waals surface area contributed by atoms with Gasteiger partial charge in [0.2, 0.25) is 11.4 Å². The van der Waals surface area contributed by atoms with E-state index >= 15 is 0 Å². The quantitative estimate of drug-likeness (QED) is 0.346.